The van der Waals surface area contributed by atoms with Gasteiger partial charge in [0.05, 0.1) is 0 Å². The molecule has 0 atom stereocenters. The molecule has 0 saturated heterocycles. The van der Waals surface area contributed by atoms with Crippen LogP contribution in [0.4, 0.5) is 0 Å². The lowest BCUT2D eigenvalue weighted by molar-refractivity contribution is -0.110. The number of nitrogens with one attached hydrogen (secondary N) is 2. The summed E-state index contributed by atoms with van der Waals surface area (Å²) in [5, 5.41) is 11.3. The lowest BCUT2D eigenvalue weighted by atomic mass is 9.92. The molecule has 4 nitrogen and oxygen atoms in total. The molecular weight excluding hydrogens is 144 g/mol. The van der Waals surface area contributed by atoms with E-state index in [0.717, 1.165) is 32.1 Å². The minimum absolute atomic E-state index is 0.222. The van der Waals surface area contributed by atoms with Crippen molar-refractivity contribution < 1.29 is 10.0 Å². The maximum Gasteiger partial charge on any atom is 0.207 e. The fourth-order valence-electron chi connectivity index (χ4n) is 1.49. The first-order valence-corrected chi connectivity index (χ1v) is 3.96. The Labute approximate surface area is 65.9 Å². The largest absolute Gasteiger partial charge is 0.356 e. The second kappa shape index (κ2) is 4.31. The standard InChI is InChI=1S/C7H14N2O2/c10-5-8-6-1-3-7(9-11)4-2-6/h5-7,9,11H,1-4H2,(H,8,10). The SMILES string of the molecule is O=CNC1CCC(NO)CC1. The lowest BCUT2D eigenvalue weighted by Gasteiger charge is -2.26. The van der Waals surface area contributed by atoms with Crippen molar-refractivity contribution in [3.8, 4) is 0 Å². The average Bonchev–Trinajstić information content (AvgIpc) is 2.07. The van der Waals surface area contributed by atoms with E-state index in [2.05, 4.69) is 10.8 Å². The minimum Gasteiger partial charge on any atom is -0.356 e. The first kappa shape index (κ1) is 8.49. The Morgan fingerprint density at radius 2 is 1.73 bits per heavy atom. The van der Waals surface area contributed by atoms with Gasteiger partial charge in [-0.1, -0.05) is 0 Å². The Morgan fingerprint density at radius 3 is 2.18 bits per heavy atom. The zero-order valence-electron chi connectivity index (χ0n) is 6.42. The predicted octanol–water partition coefficient (Wildman–Crippen LogP) is 0.0224. The zero-order valence-corrected chi connectivity index (χ0v) is 6.42. The van der Waals surface area contributed by atoms with Crippen LogP contribution in [0, 0.1) is 0 Å². The van der Waals surface area contributed by atoms with Gasteiger partial charge in [0.1, 0.15) is 0 Å². The zero-order chi connectivity index (χ0) is 8.10. The summed E-state index contributed by atoms with van der Waals surface area (Å²) >= 11 is 0. The first-order chi connectivity index (χ1) is 5.36. The van der Waals surface area contributed by atoms with Crippen LogP contribution in [0.5, 0.6) is 0 Å². The molecule has 1 rings (SSSR count). The fourth-order valence-corrected chi connectivity index (χ4v) is 1.49. The van der Waals surface area contributed by atoms with Gasteiger partial charge in [-0.05, 0) is 25.7 Å². The quantitative estimate of drug-likeness (QED) is 0.401. The van der Waals surface area contributed by atoms with Crippen LogP contribution < -0.4 is 10.8 Å². The second-order valence-electron chi connectivity index (χ2n) is 2.96. The van der Waals surface area contributed by atoms with E-state index in [-0.39, 0.29) is 6.04 Å². The third kappa shape index (κ3) is 2.48. The number of rotatable bonds is 3. The van der Waals surface area contributed by atoms with Gasteiger partial charge in [0.25, 0.3) is 0 Å². The molecule has 64 valence electrons. The molecule has 4 heteroatoms. The monoisotopic (exact) mass is 158 g/mol. The Bertz CT molecular complexity index is 122. The van der Waals surface area contributed by atoms with Crippen molar-refractivity contribution >= 4 is 6.41 Å². The second-order valence-corrected chi connectivity index (χ2v) is 2.96. The summed E-state index contributed by atoms with van der Waals surface area (Å²) in [6.07, 6.45) is 4.52. The molecule has 0 aromatic rings. The molecule has 3 N–H and O–H groups in total. The molecule has 1 amide bonds. The number of carbonyl (C=O) groups is 1. The maximum atomic E-state index is 10.0. The number of carbonyl (C=O) groups excluding carboxylic acids is 1. The third-order valence-corrected chi connectivity index (χ3v) is 2.21. The highest BCUT2D eigenvalue weighted by molar-refractivity contribution is 5.46. The molecule has 0 aromatic heterocycles. The normalized spacial score (nSPS) is 31.4. The van der Waals surface area contributed by atoms with Gasteiger partial charge in [0, 0.05) is 12.1 Å². The summed E-state index contributed by atoms with van der Waals surface area (Å²) in [5.41, 5.74) is 2.25. The van der Waals surface area contributed by atoms with Crippen LogP contribution in [0.25, 0.3) is 0 Å². The van der Waals surface area contributed by atoms with E-state index in [1.807, 2.05) is 0 Å². The van der Waals surface area contributed by atoms with Gasteiger partial charge in [0.15, 0.2) is 0 Å². The molecular formula is C7H14N2O2. The van der Waals surface area contributed by atoms with Crippen LogP contribution in [0.3, 0.4) is 0 Å². The molecule has 0 unspecified atom stereocenters. The van der Waals surface area contributed by atoms with E-state index in [9.17, 15) is 4.79 Å². The van der Waals surface area contributed by atoms with Crippen molar-refractivity contribution in [3.05, 3.63) is 0 Å². The number of amides is 1. The highest BCUT2D eigenvalue weighted by Gasteiger charge is 2.19. The van der Waals surface area contributed by atoms with Crippen LogP contribution in [0.2, 0.25) is 0 Å². The average molecular weight is 158 g/mol. The van der Waals surface area contributed by atoms with Crippen LogP contribution in [-0.4, -0.2) is 23.7 Å². The lowest BCUT2D eigenvalue weighted by Crippen LogP contribution is -2.38. The van der Waals surface area contributed by atoms with Gasteiger partial charge < -0.3 is 10.5 Å². The maximum absolute atomic E-state index is 10.0. The van der Waals surface area contributed by atoms with Crippen molar-refractivity contribution in [2.24, 2.45) is 0 Å². The van der Waals surface area contributed by atoms with Gasteiger partial charge in [-0.2, -0.15) is 0 Å². The molecule has 1 aliphatic carbocycles. The van der Waals surface area contributed by atoms with E-state index in [1.54, 1.807) is 0 Å². The smallest absolute Gasteiger partial charge is 0.207 e. The van der Waals surface area contributed by atoms with Crippen molar-refractivity contribution in [2.75, 3.05) is 0 Å². The van der Waals surface area contributed by atoms with Gasteiger partial charge in [-0.25, -0.2) is 5.48 Å². The van der Waals surface area contributed by atoms with Crippen LogP contribution in [-0.2, 0) is 4.79 Å². The van der Waals surface area contributed by atoms with Crippen molar-refractivity contribution in [1.82, 2.24) is 10.8 Å². The molecule has 0 aromatic carbocycles. The molecule has 1 aliphatic rings. The predicted molar refractivity (Wildman–Crippen MR) is 40.2 cm³/mol. The molecule has 0 bridgehead atoms. The summed E-state index contributed by atoms with van der Waals surface area (Å²) in [6.45, 7) is 0. The summed E-state index contributed by atoms with van der Waals surface area (Å²) in [7, 11) is 0. The van der Waals surface area contributed by atoms with Crippen molar-refractivity contribution in [2.45, 2.75) is 37.8 Å². The Morgan fingerprint density at radius 1 is 1.18 bits per heavy atom. The molecule has 0 aliphatic heterocycles. The van der Waals surface area contributed by atoms with Crippen molar-refractivity contribution in [1.29, 1.82) is 0 Å². The van der Waals surface area contributed by atoms with Gasteiger partial charge in [-0.3, -0.25) is 4.79 Å². The van der Waals surface area contributed by atoms with E-state index in [1.165, 1.54) is 0 Å². The fraction of sp³-hybridized carbons (Fsp3) is 0.857. The van der Waals surface area contributed by atoms with E-state index in [4.69, 9.17) is 5.21 Å². The molecule has 1 fully saturated rings. The summed E-state index contributed by atoms with van der Waals surface area (Å²) in [5.74, 6) is 0. The van der Waals surface area contributed by atoms with Crippen LogP contribution >= 0.6 is 0 Å². The van der Waals surface area contributed by atoms with E-state index in [0.29, 0.717) is 6.04 Å². The molecule has 0 heterocycles. The number of hydroxylamine groups is 1. The summed E-state index contributed by atoms with van der Waals surface area (Å²) in [4.78, 5) is 10.0. The van der Waals surface area contributed by atoms with Gasteiger partial charge >= 0.3 is 0 Å². The van der Waals surface area contributed by atoms with Gasteiger partial charge in [0.2, 0.25) is 6.41 Å². The van der Waals surface area contributed by atoms with E-state index >= 15 is 0 Å². The highest BCUT2D eigenvalue weighted by Crippen LogP contribution is 2.17. The van der Waals surface area contributed by atoms with Crippen molar-refractivity contribution in [3.63, 3.8) is 0 Å². The van der Waals surface area contributed by atoms with E-state index < -0.39 is 0 Å². The summed E-state index contributed by atoms with van der Waals surface area (Å²) < 4.78 is 0. The molecule has 11 heavy (non-hydrogen) atoms. The number of hydrogen-bond donors (Lipinski definition) is 3. The number of hydrogen-bond acceptors (Lipinski definition) is 3. The molecule has 1 saturated carbocycles. The first-order valence-electron chi connectivity index (χ1n) is 3.96. The highest BCUT2D eigenvalue weighted by atomic mass is 16.5. The topological polar surface area (TPSA) is 61.4 Å². The molecule has 0 spiro atoms. The van der Waals surface area contributed by atoms with Gasteiger partial charge in [-0.15, -0.1) is 0 Å². The van der Waals surface area contributed by atoms with Crippen LogP contribution in [0.15, 0.2) is 0 Å². The summed E-state index contributed by atoms with van der Waals surface area (Å²) in [6, 6.07) is 0.539. The van der Waals surface area contributed by atoms with Crippen LogP contribution in [0.1, 0.15) is 25.7 Å². The Kier molecular flexibility index (Phi) is 3.32. The minimum atomic E-state index is 0.222. The molecule has 0 radical (unpaired) electrons. The third-order valence-electron chi connectivity index (χ3n) is 2.21. The Balaban J connectivity index is 2.18. The Hall–Kier alpha value is -0.610.